The molecule has 2 aromatic carbocycles. The summed E-state index contributed by atoms with van der Waals surface area (Å²) in [6, 6.07) is 14.3. The average Bonchev–Trinajstić information content (AvgIpc) is 3.43. The smallest absolute Gasteiger partial charge is 0.254 e. The van der Waals surface area contributed by atoms with Crippen LogP contribution in [-0.4, -0.2) is 12.6 Å². The Labute approximate surface area is 200 Å². The van der Waals surface area contributed by atoms with E-state index in [2.05, 4.69) is 4.72 Å². The van der Waals surface area contributed by atoms with Gasteiger partial charge in [-0.25, -0.2) is 13.1 Å². The van der Waals surface area contributed by atoms with Gasteiger partial charge < -0.3 is 0 Å². The summed E-state index contributed by atoms with van der Waals surface area (Å²) >= 11 is 0. The fraction of sp³-hybridized carbons (Fsp3) is 0.0833. The third-order valence-corrected chi connectivity index (χ3v) is 7.18. The molecule has 0 aliphatic heterocycles. The Balaban J connectivity index is 0.000000501. The molecule has 2 saturated carbocycles. The van der Waals surface area contributed by atoms with Crippen molar-refractivity contribution in [2.24, 2.45) is 0 Å². The SMILES string of the molecule is Cc1ccc(S(=O)[C]2[CH][CH][CH][C]2NS(=O)(=O)c2ccc(C)cc2)cc1.[CH]1[CH][CH][CH][CH]1.[Fe+2]. The maximum absolute atomic E-state index is 12.8. The normalized spacial score (nSPS) is 18.1. The first kappa shape index (κ1) is 26.3. The Morgan fingerprint density at radius 2 is 1.19 bits per heavy atom. The van der Waals surface area contributed by atoms with E-state index < -0.39 is 20.8 Å². The molecule has 31 heavy (non-hydrogen) atoms. The second-order valence-electron chi connectivity index (χ2n) is 6.77. The largest absolute Gasteiger partial charge is 2.00 e. The molecule has 0 bridgehead atoms. The van der Waals surface area contributed by atoms with Crippen molar-refractivity contribution in [2.45, 2.75) is 23.6 Å². The minimum Gasteiger partial charge on any atom is -0.254 e. The van der Waals surface area contributed by atoms with Gasteiger partial charge in [0.2, 0.25) is 10.0 Å². The monoisotopic (exact) mass is 493 g/mol. The van der Waals surface area contributed by atoms with Gasteiger partial charge in [0.1, 0.15) is 0 Å². The number of aryl methyl sites for hydroxylation is 2. The van der Waals surface area contributed by atoms with Gasteiger partial charge in [0.05, 0.1) is 27.0 Å². The van der Waals surface area contributed by atoms with Gasteiger partial charge in [-0.1, -0.05) is 35.4 Å². The predicted octanol–water partition coefficient (Wildman–Crippen LogP) is 4.10. The summed E-state index contributed by atoms with van der Waals surface area (Å²) < 4.78 is 40.4. The van der Waals surface area contributed by atoms with Crippen molar-refractivity contribution in [1.29, 1.82) is 0 Å². The Hall–Kier alpha value is -0.981. The molecular formula is C24H23FeNO3S2+2. The van der Waals surface area contributed by atoms with Crippen LogP contribution in [0.4, 0.5) is 0 Å². The van der Waals surface area contributed by atoms with Crippen molar-refractivity contribution in [3.63, 3.8) is 0 Å². The molecule has 10 radical (unpaired) electrons. The Bertz CT molecular complexity index is 932. The zero-order chi connectivity index (χ0) is 21.6. The van der Waals surface area contributed by atoms with Crippen molar-refractivity contribution in [2.75, 3.05) is 0 Å². The van der Waals surface area contributed by atoms with Gasteiger partial charge in [0, 0.05) is 4.90 Å². The van der Waals surface area contributed by atoms with Gasteiger partial charge in [-0.3, -0.25) is 4.21 Å². The summed E-state index contributed by atoms with van der Waals surface area (Å²) in [7, 11) is -5.19. The molecule has 7 heteroatoms. The Morgan fingerprint density at radius 3 is 1.71 bits per heavy atom. The van der Waals surface area contributed by atoms with E-state index in [9.17, 15) is 12.6 Å². The van der Waals surface area contributed by atoms with Gasteiger partial charge in [-0.05, 0) is 89.5 Å². The van der Waals surface area contributed by atoms with E-state index in [1.54, 1.807) is 55.7 Å². The summed E-state index contributed by atoms with van der Waals surface area (Å²) in [5.41, 5.74) is 2.05. The zero-order valence-electron chi connectivity index (χ0n) is 17.1. The second kappa shape index (κ2) is 12.3. The van der Waals surface area contributed by atoms with E-state index in [1.165, 1.54) is 0 Å². The van der Waals surface area contributed by atoms with Gasteiger partial charge in [0.15, 0.2) is 0 Å². The number of sulfonamides is 1. The molecule has 0 aromatic heterocycles. The third-order valence-electron chi connectivity index (χ3n) is 4.34. The van der Waals surface area contributed by atoms with Gasteiger partial charge in [-0.2, -0.15) is 0 Å². The van der Waals surface area contributed by atoms with Crippen molar-refractivity contribution in [3.05, 3.63) is 122 Å². The van der Waals surface area contributed by atoms with Crippen LogP contribution in [0.5, 0.6) is 0 Å². The molecule has 0 amide bonds. The van der Waals surface area contributed by atoms with E-state index in [1.807, 2.05) is 58.1 Å². The molecule has 1 atom stereocenters. The number of rotatable bonds is 5. The maximum Gasteiger partial charge on any atom is 2.00 e. The fourth-order valence-corrected chi connectivity index (χ4v) is 4.98. The van der Waals surface area contributed by atoms with Gasteiger partial charge >= 0.3 is 17.1 Å². The molecule has 2 aliphatic carbocycles. The van der Waals surface area contributed by atoms with Crippen LogP contribution in [0, 0.1) is 76.5 Å². The Morgan fingerprint density at radius 1 is 0.710 bits per heavy atom. The van der Waals surface area contributed by atoms with E-state index in [0.29, 0.717) is 16.2 Å². The third kappa shape index (κ3) is 7.54. The van der Waals surface area contributed by atoms with Crippen molar-refractivity contribution < 1.29 is 29.7 Å². The van der Waals surface area contributed by atoms with Crippen LogP contribution in [0.15, 0.2) is 58.3 Å². The summed E-state index contributed by atoms with van der Waals surface area (Å²) in [6.07, 6.45) is 15.0. The van der Waals surface area contributed by atoms with Crippen molar-refractivity contribution in [1.82, 2.24) is 4.72 Å². The predicted molar refractivity (Wildman–Crippen MR) is 120 cm³/mol. The molecule has 0 saturated heterocycles. The molecule has 2 fully saturated rings. The van der Waals surface area contributed by atoms with E-state index >= 15 is 0 Å². The molecule has 0 spiro atoms. The summed E-state index contributed by atoms with van der Waals surface area (Å²) in [4.78, 5) is 0.805. The van der Waals surface area contributed by atoms with Crippen molar-refractivity contribution >= 4 is 20.8 Å². The van der Waals surface area contributed by atoms with E-state index in [-0.39, 0.29) is 22.0 Å². The topological polar surface area (TPSA) is 63.2 Å². The second-order valence-corrected chi connectivity index (χ2v) is 9.90. The molecule has 0 heterocycles. The van der Waals surface area contributed by atoms with Crippen LogP contribution in [-0.2, 0) is 37.9 Å². The molecule has 2 aliphatic rings. The molecule has 2 aromatic rings. The van der Waals surface area contributed by atoms with Crippen LogP contribution in [0.25, 0.3) is 0 Å². The van der Waals surface area contributed by atoms with Gasteiger partial charge in [-0.15, -0.1) is 0 Å². The standard InChI is InChI=1S/C19H18NO3S2.C5H5.Fe/c1-14-6-10-16(11-7-14)24(21)19-5-3-4-18(19)20-25(22,23)17-12-8-15(2)9-13-17;1-2-4-5-3-1;/h3-13,20H,1-2H3;1-5H;/q;;+2. The maximum atomic E-state index is 12.8. The van der Waals surface area contributed by atoms with Crippen molar-refractivity contribution in [3.8, 4) is 0 Å². The molecule has 4 rings (SSSR count). The fourth-order valence-electron chi connectivity index (χ4n) is 2.68. The van der Waals surface area contributed by atoms with Crippen LogP contribution < -0.4 is 4.72 Å². The van der Waals surface area contributed by atoms with Gasteiger partial charge in [0.25, 0.3) is 0 Å². The number of hydrogen-bond donors (Lipinski definition) is 1. The Kier molecular flexibility index (Phi) is 10.4. The zero-order valence-corrected chi connectivity index (χ0v) is 19.9. The first-order chi connectivity index (χ1) is 14.4. The minimum absolute atomic E-state index is 0. The van der Waals surface area contributed by atoms with Crippen LogP contribution >= 0.6 is 0 Å². The summed E-state index contributed by atoms with van der Waals surface area (Å²) in [5, 5.41) is 0.444. The summed E-state index contributed by atoms with van der Waals surface area (Å²) in [5.74, 6) is 0. The average molecular weight is 493 g/mol. The van der Waals surface area contributed by atoms with E-state index in [0.717, 1.165) is 11.1 Å². The first-order valence-corrected chi connectivity index (χ1v) is 12.0. The van der Waals surface area contributed by atoms with Crippen LogP contribution in [0.2, 0.25) is 0 Å². The number of nitrogens with one attached hydrogen (secondary N) is 1. The molecule has 1 unspecified atom stereocenters. The number of hydrogen-bond acceptors (Lipinski definition) is 3. The molecule has 4 nitrogen and oxygen atoms in total. The first-order valence-electron chi connectivity index (χ1n) is 9.37. The summed E-state index contributed by atoms with van der Waals surface area (Å²) in [6.45, 7) is 3.85. The van der Waals surface area contributed by atoms with Crippen LogP contribution in [0.3, 0.4) is 0 Å². The van der Waals surface area contributed by atoms with Crippen LogP contribution in [0.1, 0.15) is 11.1 Å². The molecule has 160 valence electrons. The number of benzene rings is 2. The minimum atomic E-state index is -3.73. The quantitative estimate of drug-likeness (QED) is 0.639. The molecule has 1 N–H and O–H groups in total. The molecular weight excluding hydrogens is 470 g/mol. The van der Waals surface area contributed by atoms with E-state index in [4.69, 9.17) is 0 Å².